The van der Waals surface area contributed by atoms with Crippen LogP contribution in [0.25, 0.3) is 0 Å². The van der Waals surface area contributed by atoms with E-state index in [-0.39, 0.29) is 5.97 Å². The minimum absolute atomic E-state index is 0.0350. The van der Waals surface area contributed by atoms with Crippen LogP contribution in [0.15, 0.2) is 0 Å². The normalized spacial score (nSPS) is 33.7. The predicted octanol–water partition coefficient (Wildman–Crippen LogP) is 3.42. The van der Waals surface area contributed by atoms with Crippen molar-refractivity contribution in [3.63, 3.8) is 0 Å². The van der Waals surface area contributed by atoms with E-state index in [2.05, 4.69) is 12.2 Å². The van der Waals surface area contributed by atoms with E-state index in [1.807, 2.05) is 0 Å². The molecule has 1 N–H and O–H groups in total. The van der Waals surface area contributed by atoms with Gasteiger partial charge in [0.1, 0.15) is 5.54 Å². The van der Waals surface area contributed by atoms with E-state index in [0.717, 1.165) is 31.6 Å². The van der Waals surface area contributed by atoms with Gasteiger partial charge >= 0.3 is 5.97 Å². The summed E-state index contributed by atoms with van der Waals surface area (Å²) in [4.78, 5) is 12.3. The molecule has 2 unspecified atom stereocenters. The van der Waals surface area contributed by atoms with Crippen molar-refractivity contribution in [2.24, 2.45) is 5.92 Å². The lowest BCUT2D eigenvalue weighted by Crippen LogP contribution is -2.56. The van der Waals surface area contributed by atoms with Crippen LogP contribution in [0.2, 0.25) is 0 Å². The zero-order chi connectivity index (χ0) is 13.7. The lowest BCUT2D eigenvalue weighted by Gasteiger charge is -2.36. The molecule has 2 saturated carbocycles. The highest BCUT2D eigenvalue weighted by molar-refractivity contribution is 5.80. The third-order valence-corrected chi connectivity index (χ3v) is 5.03. The maximum Gasteiger partial charge on any atom is 0.326 e. The molecule has 3 nitrogen and oxygen atoms in total. The summed E-state index contributed by atoms with van der Waals surface area (Å²) < 4.78 is 5.12. The van der Waals surface area contributed by atoms with Gasteiger partial charge in [-0.1, -0.05) is 39.0 Å². The lowest BCUT2D eigenvalue weighted by molar-refractivity contribution is -0.150. The molecule has 2 fully saturated rings. The van der Waals surface area contributed by atoms with Gasteiger partial charge in [-0.2, -0.15) is 0 Å². The van der Waals surface area contributed by atoms with Gasteiger partial charge in [0, 0.05) is 6.04 Å². The Morgan fingerprint density at radius 3 is 2.47 bits per heavy atom. The number of carbonyl (C=O) groups excluding carboxylic acids is 1. The van der Waals surface area contributed by atoms with E-state index in [1.54, 1.807) is 0 Å². The van der Waals surface area contributed by atoms with Crippen LogP contribution in [-0.2, 0) is 9.53 Å². The second-order valence-electron chi connectivity index (χ2n) is 6.59. The first-order valence-electron chi connectivity index (χ1n) is 8.02. The Kier molecular flexibility index (Phi) is 5.26. The van der Waals surface area contributed by atoms with Gasteiger partial charge in [0.15, 0.2) is 0 Å². The minimum atomic E-state index is -0.401. The van der Waals surface area contributed by atoms with E-state index >= 15 is 0 Å². The zero-order valence-corrected chi connectivity index (χ0v) is 12.5. The Morgan fingerprint density at radius 1 is 1.05 bits per heavy atom. The highest BCUT2D eigenvalue weighted by Gasteiger charge is 2.42. The number of hydrogen-bond acceptors (Lipinski definition) is 3. The zero-order valence-electron chi connectivity index (χ0n) is 12.5. The second-order valence-corrected chi connectivity index (χ2v) is 6.59. The molecule has 0 aromatic carbocycles. The quantitative estimate of drug-likeness (QED) is 0.629. The molecular weight excluding hydrogens is 238 g/mol. The maximum atomic E-state index is 12.3. The van der Waals surface area contributed by atoms with Crippen molar-refractivity contribution in [3.05, 3.63) is 0 Å². The van der Waals surface area contributed by atoms with Gasteiger partial charge in [0.2, 0.25) is 0 Å². The Bertz CT molecular complexity index is 299. The first-order chi connectivity index (χ1) is 9.16. The molecule has 0 amide bonds. The predicted molar refractivity (Wildman–Crippen MR) is 77.0 cm³/mol. The number of hydrogen-bond donors (Lipinski definition) is 1. The molecule has 0 heterocycles. The first-order valence-corrected chi connectivity index (χ1v) is 8.02. The summed E-state index contributed by atoms with van der Waals surface area (Å²) >= 11 is 0. The summed E-state index contributed by atoms with van der Waals surface area (Å²) in [5.74, 6) is 0.701. The van der Waals surface area contributed by atoms with E-state index < -0.39 is 5.54 Å². The summed E-state index contributed by atoms with van der Waals surface area (Å²) in [6, 6.07) is 0.515. The number of nitrogens with one attached hydrogen (secondary N) is 1. The van der Waals surface area contributed by atoms with Crippen molar-refractivity contribution in [2.45, 2.75) is 82.7 Å². The number of carbonyl (C=O) groups is 1. The van der Waals surface area contributed by atoms with E-state index in [0.29, 0.717) is 6.04 Å². The second kappa shape index (κ2) is 6.74. The van der Waals surface area contributed by atoms with Crippen LogP contribution in [0.1, 0.15) is 71.1 Å². The Labute approximate surface area is 117 Å². The van der Waals surface area contributed by atoms with Gasteiger partial charge in [-0.25, -0.2) is 0 Å². The van der Waals surface area contributed by atoms with Gasteiger partial charge in [-0.05, 0) is 38.0 Å². The van der Waals surface area contributed by atoms with Crippen molar-refractivity contribution >= 4 is 5.97 Å². The number of ether oxygens (including phenoxy) is 1. The van der Waals surface area contributed by atoms with Gasteiger partial charge in [0.05, 0.1) is 7.11 Å². The molecule has 2 atom stereocenters. The third-order valence-electron chi connectivity index (χ3n) is 5.03. The molecule has 19 heavy (non-hydrogen) atoms. The molecule has 0 aliphatic heterocycles. The molecule has 2 rings (SSSR count). The molecule has 2 aliphatic carbocycles. The van der Waals surface area contributed by atoms with Gasteiger partial charge in [-0.15, -0.1) is 0 Å². The average Bonchev–Trinajstić information content (AvgIpc) is 2.62. The first kappa shape index (κ1) is 14.8. The van der Waals surface area contributed by atoms with Gasteiger partial charge < -0.3 is 4.74 Å². The van der Waals surface area contributed by atoms with Crippen molar-refractivity contribution < 1.29 is 9.53 Å². The van der Waals surface area contributed by atoms with Gasteiger partial charge in [-0.3, -0.25) is 10.1 Å². The van der Waals surface area contributed by atoms with E-state index in [1.165, 1.54) is 45.6 Å². The summed E-state index contributed by atoms with van der Waals surface area (Å²) in [7, 11) is 1.53. The van der Waals surface area contributed by atoms with Gasteiger partial charge in [0.25, 0.3) is 0 Å². The standard InChI is InChI=1S/C16H29NO2/c1-13-7-6-11-16(12-10-13,15(18)19-2)17-14-8-4-3-5-9-14/h13-14,17H,3-12H2,1-2H3. The largest absolute Gasteiger partial charge is 0.468 e. The topological polar surface area (TPSA) is 38.3 Å². The fourth-order valence-electron chi connectivity index (χ4n) is 3.75. The molecule has 0 aromatic heterocycles. The maximum absolute atomic E-state index is 12.3. The van der Waals surface area contributed by atoms with Crippen LogP contribution in [-0.4, -0.2) is 24.7 Å². The highest BCUT2D eigenvalue weighted by atomic mass is 16.5. The monoisotopic (exact) mass is 267 g/mol. The molecular formula is C16H29NO2. The summed E-state index contributed by atoms with van der Waals surface area (Å²) in [5.41, 5.74) is -0.401. The van der Waals surface area contributed by atoms with E-state index in [4.69, 9.17) is 4.74 Å². The summed E-state index contributed by atoms with van der Waals surface area (Å²) in [6.45, 7) is 2.30. The lowest BCUT2D eigenvalue weighted by atomic mass is 9.86. The SMILES string of the molecule is COC(=O)C1(NC2CCCCC2)CCCC(C)CC1. The fraction of sp³-hybridized carbons (Fsp3) is 0.938. The molecule has 0 aromatic rings. The Hall–Kier alpha value is -0.570. The molecule has 0 saturated heterocycles. The molecule has 0 spiro atoms. The van der Waals surface area contributed by atoms with Crippen LogP contribution in [0.4, 0.5) is 0 Å². The smallest absolute Gasteiger partial charge is 0.326 e. The average molecular weight is 267 g/mol. The summed E-state index contributed by atoms with van der Waals surface area (Å²) in [5, 5.41) is 3.71. The van der Waals surface area contributed by atoms with Crippen molar-refractivity contribution in [1.29, 1.82) is 0 Å². The van der Waals surface area contributed by atoms with Crippen LogP contribution in [0.5, 0.6) is 0 Å². The third kappa shape index (κ3) is 3.71. The van der Waals surface area contributed by atoms with Crippen molar-refractivity contribution in [2.75, 3.05) is 7.11 Å². The van der Waals surface area contributed by atoms with Crippen LogP contribution >= 0.6 is 0 Å². The minimum Gasteiger partial charge on any atom is -0.468 e. The Morgan fingerprint density at radius 2 is 1.79 bits per heavy atom. The molecule has 110 valence electrons. The number of methoxy groups -OCH3 is 1. The van der Waals surface area contributed by atoms with Crippen molar-refractivity contribution in [1.82, 2.24) is 5.32 Å². The molecule has 2 aliphatic rings. The molecule has 3 heteroatoms. The van der Waals surface area contributed by atoms with Crippen LogP contribution in [0.3, 0.4) is 0 Å². The highest BCUT2D eigenvalue weighted by Crippen LogP contribution is 2.33. The van der Waals surface area contributed by atoms with E-state index in [9.17, 15) is 4.79 Å². The number of rotatable bonds is 3. The van der Waals surface area contributed by atoms with Crippen molar-refractivity contribution in [3.8, 4) is 0 Å². The number of esters is 1. The Balaban J connectivity index is 2.06. The molecule has 0 radical (unpaired) electrons. The summed E-state index contributed by atoms with van der Waals surface area (Å²) in [6.07, 6.45) is 11.8. The fourth-order valence-corrected chi connectivity index (χ4v) is 3.75. The molecule has 0 bridgehead atoms. The van der Waals surface area contributed by atoms with Crippen LogP contribution in [0, 0.1) is 5.92 Å². The van der Waals surface area contributed by atoms with Crippen LogP contribution < -0.4 is 5.32 Å².